The third-order valence-corrected chi connectivity index (χ3v) is 4.42. The fraction of sp³-hybridized carbons (Fsp3) is 0.308. The molecule has 0 amide bonds. The molecule has 1 aromatic heterocycles. The number of rotatable bonds is 4. The molecule has 0 aliphatic carbocycles. The summed E-state index contributed by atoms with van der Waals surface area (Å²) < 4.78 is 1.00. The number of likely N-dealkylation sites (N-methyl/N-ethyl adjacent to an activating group) is 1. The van der Waals surface area contributed by atoms with Crippen LogP contribution in [0.4, 0.5) is 0 Å². The second kappa shape index (κ2) is 6.15. The monoisotopic (exact) mass is 344 g/mol. The van der Waals surface area contributed by atoms with Crippen molar-refractivity contribution in [3.05, 3.63) is 49.3 Å². The Balaban J connectivity index is 2.20. The fourth-order valence-corrected chi connectivity index (χ4v) is 3.22. The van der Waals surface area contributed by atoms with Crippen molar-refractivity contribution in [3.8, 4) is 0 Å². The van der Waals surface area contributed by atoms with Gasteiger partial charge in [0.25, 0.3) is 0 Å². The van der Waals surface area contributed by atoms with Crippen molar-refractivity contribution < 1.29 is 0 Å². The maximum absolute atomic E-state index is 6.25. The third kappa shape index (κ3) is 3.32. The van der Waals surface area contributed by atoms with Crippen LogP contribution in [0, 0.1) is 6.92 Å². The summed E-state index contributed by atoms with van der Waals surface area (Å²) in [7, 11) is 1.95. The standard InChI is InChI=1S/C13H14BrClN2S/c1-8-17-13(7-18-8)12(16-2)5-9-3-4-10(14)6-11(9)15/h3-4,6-7,12,16H,5H2,1-2H3. The van der Waals surface area contributed by atoms with E-state index < -0.39 is 0 Å². The predicted molar refractivity (Wildman–Crippen MR) is 81.5 cm³/mol. The molecule has 2 rings (SSSR count). The Kier molecular flexibility index (Phi) is 4.78. The van der Waals surface area contributed by atoms with Gasteiger partial charge in [0.15, 0.2) is 0 Å². The Morgan fingerprint density at radius 2 is 2.28 bits per heavy atom. The van der Waals surface area contributed by atoms with Crippen LogP contribution in [-0.4, -0.2) is 12.0 Å². The Bertz CT molecular complexity index is 542. The van der Waals surface area contributed by atoms with Gasteiger partial charge in [-0.25, -0.2) is 4.98 Å². The second-order valence-electron chi connectivity index (χ2n) is 4.07. The molecule has 0 radical (unpaired) electrons. The number of nitrogens with zero attached hydrogens (tertiary/aromatic N) is 1. The molecule has 1 aromatic carbocycles. The van der Waals surface area contributed by atoms with Gasteiger partial charge >= 0.3 is 0 Å². The number of benzene rings is 1. The van der Waals surface area contributed by atoms with Crippen LogP contribution in [0.3, 0.4) is 0 Å². The lowest BCUT2D eigenvalue weighted by Crippen LogP contribution is -2.19. The van der Waals surface area contributed by atoms with Crippen LogP contribution in [0.2, 0.25) is 5.02 Å². The van der Waals surface area contributed by atoms with Crippen molar-refractivity contribution in [2.45, 2.75) is 19.4 Å². The lowest BCUT2D eigenvalue weighted by atomic mass is 10.0. The molecule has 0 bridgehead atoms. The van der Waals surface area contributed by atoms with Gasteiger partial charge in [0.1, 0.15) is 0 Å². The van der Waals surface area contributed by atoms with E-state index in [1.165, 1.54) is 0 Å². The first kappa shape index (κ1) is 14.0. The minimum atomic E-state index is 0.202. The predicted octanol–water partition coefficient (Wildman–Crippen LogP) is 4.37. The van der Waals surface area contributed by atoms with Crippen molar-refractivity contribution >= 4 is 38.9 Å². The smallest absolute Gasteiger partial charge is 0.0898 e. The summed E-state index contributed by atoms with van der Waals surface area (Å²) >= 11 is 11.3. The summed E-state index contributed by atoms with van der Waals surface area (Å²) in [6, 6.07) is 6.19. The molecule has 0 spiro atoms. The first-order valence-corrected chi connectivity index (χ1v) is 7.68. The Hall–Kier alpha value is -0.420. The van der Waals surface area contributed by atoms with Gasteiger partial charge in [-0.3, -0.25) is 0 Å². The van der Waals surface area contributed by atoms with Crippen LogP contribution < -0.4 is 5.32 Å². The highest BCUT2D eigenvalue weighted by molar-refractivity contribution is 9.10. The molecule has 1 unspecified atom stereocenters. The molecular weight excluding hydrogens is 332 g/mol. The van der Waals surface area contributed by atoms with Gasteiger partial charge in [-0.05, 0) is 38.1 Å². The molecule has 96 valence electrons. The third-order valence-electron chi connectivity index (χ3n) is 2.78. The van der Waals surface area contributed by atoms with Crippen LogP contribution >= 0.6 is 38.9 Å². The molecule has 0 saturated carbocycles. The van der Waals surface area contributed by atoms with Crippen molar-refractivity contribution in [3.63, 3.8) is 0 Å². The van der Waals surface area contributed by atoms with E-state index in [4.69, 9.17) is 11.6 Å². The average Bonchev–Trinajstić information content (AvgIpc) is 2.75. The van der Waals surface area contributed by atoms with E-state index in [1.54, 1.807) is 11.3 Å². The molecule has 0 aliphatic heterocycles. The maximum Gasteiger partial charge on any atom is 0.0898 e. The van der Waals surface area contributed by atoms with Crippen LogP contribution in [0.5, 0.6) is 0 Å². The number of hydrogen-bond acceptors (Lipinski definition) is 3. The molecule has 2 aromatic rings. The van der Waals surface area contributed by atoms with Crippen molar-refractivity contribution in [1.82, 2.24) is 10.3 Å². The SMILES string of the molecule is CNC(Cc1ccc(Br)cc1Cl)c1csc(C)n1. The highest BCUT2D eigenvalue weighted by Gasteiger charge is 2.14. The van der Waals surface area contributed by atoms with Crippen molar-refractivity contribution in [1.29, 1.82) is 0 Å². The molecule has 2 nitrogen and oxygen atoms in total. The minimum Gasteiger partial charge on any atom is -0.311 e. The number of aryl methyl sites for hydroxylation is 1. The highest BCUT2D eigenvalue weighted by atomic mass is 79.9. The number of halogens is 2. The fourth-order valence-electron chi connectivity index (χ4n) is 1.80. The Morgan fingerprint density at radius 1 is 1.50 bits per heavy atom. The minimum absolute atomic E-state index is 0.202. The van der Waals surface area contributed by atoms with Gasteiger partial charge < -0.3 is 5.32 Å². The Labute approximate surface area is 125 Å². The lowest BCUT2D eigenvalue weighted by molar-refractivity contribution is 0.578. The number of aromatic nitrogens is 1. The summed E-state index contributed by atoms with van der Waals surface area (Å²) in [4.78, 5) is 4.53. The molecule has 18 heavy (non-hydrogen) atoms. The number of nitrogens with one attached hydrogen (secondary N) is 1. The molecule has 0 saturated heterocycles. The number of hydrogen-bond donors (Lipinski definition) is 1. The van der Waals surface area contributed by atoms with Gasteiger partial charge in [-0.1, -0.05) is 33.6 Å². The first-order valence-electron chi connectivity index (χ1n) is 5.63. The van der Waals surface area contributed by atoms with E-state index in [0.717, 1.165) is 32.2 Å². The molecule has 1 heterocycles. The van der Waals surface area contributed by atoms with Crippen molar-refractivity contribution in [2.75, 3.05) is 7.05 Å². The van der Waals surface area contributed by atoms with E-state index in [0.29, 0.717) is 0 Å². The quantitative estimate of drug-likeness (QED) is 0.890. The van der Waals surface area contributed by atoms with E-state index >= 15 is 0 Å². The molecule has 0 fully saturated rings. The van der Waals surface area contributed by atoms with E-state index in [9.17, 15) is 0 Å². The Morgan fingerprint density at radius 3 is 2.83 bits per heavy atom. The van der Waals surface area contributed by atoms with Crippen LogP contribution in [-0.2, 0) is 6.42 Å². The zero-order chi connectivity index (χ0) is 13.1. The van der Waals surface area contributed by atoms with Gasteiger partial charge in [0.2, 0.25) is 0 Å². The average molecular weight is 346 g/mol. The van der Waals surface area contributed by atoms with Crippen LogP contribution in [0.15, 0.2) is 28.1 Å². The topological polar surface area (TPSA) is 24.9 Å². The largest absolute Gasteiger partial charge is 0.311 e. The summed E-state index contributed by atoms with van der Waals surface area (Å²) in [5, 5.41) is 7.27. The summed E-state index contributed by atoms with van der Waals surface area (Å²) in [6.07, 6.45) is 0.839. The summed E-state index contributed by atoms with van der Waals surface area (Å²) in [5.41, 5.74) is 2.21. The molecule has 5 heteroatoms. The van der Waals surface area contributed by atoms with Crippen molar-refractivity contribution in [2.24, 2.45) is 0 Å². The molecule has 1 atom stereocenters. The van der Waals surface area contributed by atoms with E-state index in [2.05, 4.69) is 37.7 Å². The summed E-state index contributed by atoms with van der Waals surface area (Å²) in [6.45, 7) is 2.02. The van der Waals surface area contributed by atoms with E-state index in [1.807, 2.05) is 26.1 Å². The molecule has 1 N–H and O–H groups in total. The normalized spacial score (nSPS) is 12.7. The van der Waals surface area contributed by atoms with E-state index in [-0.39, 0.29) is 6.04 Å². The van der Waals surface area contributed by atoms with Crippen LogP contribution in [0.25, 0.3) is 0 Å². The maximum atomic E-state index is 6.25. The molecular formula is C13H14BrClN2S. The highest BCUT2D eigenvalue weighted by Crippen LogP contribution is 2.26. The first-order chi connectivity index (χ1) is 8.60. The zero-order valence-corrected chi connectivity index (χ0v) is 13.4. The zero-order valence-electron chi connectivity index (χ0n) is 10.2. The van der Waals surface area contributed by atoms with Gasteiger partial charge in [0.05, 0.1) is 16.7 Å². The second-order valence-corrected chi connectivity index (χ2v) is 6.46. The summed E-state index contributed by atoms with van der Waals surface area (Å²) in [5.74, 6) is 0. The molecule has 0 aliphatic rings. The number of thiazole rings is 1. The van der Waals surface area contributed by atoms with Crippen LogP contribution in [0.1, 0.15) is 22.3 Å². The van der Waals surface area contributed by atoms with Gasteiger partial charge in [-0.15, -0.1) is 11.3 Å². The lowest BCUT2D eigenvalue weighted by Gasteiger charge is -2.15. The van der Waals surface area contributed by atoms with Gasteiger partial charge in [-0.2, -0.15) is 0 Å². The van der Waals surface area contributed by atoms with Gasteiger partial charge in [0, 0.05) is 14.9 Å².